The summed E-state index contributed by atoms with van der Waals surface area (Å²) in [5, 5.41) is 6.35. The highest BCUT2D eigenvalue weighted by molar-refractivity contribution is 9.11. The minimum absolute atomic E-state index is 0.0264. The minimum Gasteiger partial charge on any atom is -0.456 e. The zero-order chi connectivity index (χ0) is 32.5. The van der Waals surface area contributed by atoms with E-state index < -0.39 is 11.9 Å². The molecule has 4 aromatic carbocycles. The van der Waals surface area contributed by atoms with Crippen LogP contribution < -0.4 is 10.6 Å². The summed E-state index contributed by atoms with van der Waals surface area (Å²) >= 11 is 13.7. The molecule has 5 aromatic rings. The van der Waals surface area contributed by atoms with Gasteiger partial charge in [-0.15, -0.1) is 0 Å². The van der Waals surface area contributed by atoms with Crippen LogP contribution >= 0.6 is 63.7 Å². The molecule has 0 unspecified atom stereocenters. The van der Waals surface area contributed by atoms with Crippen LogP contribution in [0.15, 0.2) is 115 Å². The Morgan fingerprint density at radius 2 is 0.761 bits per heavy atom. The molecule has 0 aliphatic rings. The van der Waals surface area contributed by atoms with Crippen LogP contribution in [0.5, 0.6) is 0 Å². The van der Waals surface area contributed by atoms with Gasteiger partial charge in [-0.05, 0) is 70.8 Å². The fourth-order valence-electron chi connectivity index (χ4n) is 4.14. The zero-order valence-corrected chi connectivity index (χ0v) is 30.4. The molecule has 12 heteroatoms. The van der Waals surface area contributed by atoms with Crippen LogP contribution in [0.2, 0.25) is 0 Å². The van der Waals surface area contributed by atoms with Gasteiger partial charge in [0, 0.05) is 31.0 Å². The first-order chi connectivity index (χ1) is 22.2. The molecule has 0 fully saturated rings. The molecule has 46 heavy (non-hydrogen) atoms. The molecule has 0 saturated carbocycles. The van der Waals surface area contributed by atoms with Crippen molar-refractivity contribution >= 4 is 87.3 Å². The first kappa shape index (κ1) is 33.8. The smallest absolute Gasteiger partial charge is 0.361 e. The predicted octanol–water partition coefficient (Wildman–Crippen LogP) is 9.46. The van der Waals surface area contributed by atoms with Gasteiger partial charge < -0.3 is 20.1 Å². The molecular weight excluding hydrogens is 848 g/mol. The summed E-state index contributed by atoms with van der Waals surface area (Å²) in [6.45, 7) is 0.680. The Balaban J connectivity index is 1.47. The monoisotopic (exact) mass is 870 g/mol. The third kappa shape index (κ3) is 9.71. The SMILES string of the molecule is O=C(OCc1ccc(Br)cc1)c1nc(NCc2ccc(Br)cc2)c(C(=O)OCc2ccc(Br)cc2)nc1NCc1ccc(Br)cc1. The second-order valence-electron chi connectivity index (χ2n) is 9.98. The fourth-order valence-corrected chi connectivity index (χ4v) is 5.20. The lowest BCUT2D eigenvalue weighted by Crippen LogP contribution is -2.20. The van der Waals surface area contributed by atoms with Gasteiger partial charge in [-0.3, -0.25) is 0 Å². The van der Waals surface area contributed by atoms with Crippen molar-refractivity contribution in [3.05, 3.63) is 149 Å². The van der Waals surface area contributed by atoms with Crippen molar-refractivity contribution in [1.29, 1.82) is 0 Å². The molecule has 0 bridgehead atoms. The molecule has 1 aromatic heterocycles. The molecule has 0 radical (unpaired) electrons. The van der Waals surface area contributed by atoms with E-state index in [4.69, 9.17) is 9.47 Å². The average molecular weight is 874 g/mol. The summed E-state index contributed by atoms with van der Waals surface area (Å²) in [5.41, 5.74) is 3.31. The Kier molecular flexibility index (Phi) is 12.0. The molecule has 1 heterocycles. The summed E-state index contributed by atoms with van der Waals surface area (Å²) in [5.74, 6) is -1.22. The summed E-state index contributed by atoms with van der Waals surface area (Å²) in [4.78, 5) is 36.2. The van der Waals surface area contributed by atoms with Crippen LogP contribution in [0.4, 0.5) is 11.6 Å². The Hall–Kier alpha value is -3.58. The zero-order valence-electron chi connectivity index (χ0n) is 24.1. The normalized spacial score (nSPS) is 10.7. The van der Waals surface area contributed by atoms with Gasteiger partial charge in [0.25, 0.3) is 0 Å². The number of nitrogens with one attached hydrogen (secondary N) is 2. The highest BCUT2D eigenvalue weighted by Gasteiger charge is 2.25. The predicted molar refractivity (Wildman–Crippen MR) is 191 cm³/mol. The van der Waals surface area contributed by atoms with E-state index in [1.54, 1.807) is 0 Å². The molecule has 0 aliphatic heterocycles. The molecule has 234 valence electrons. The maximum absolute atomic E-state index is 13.5. The Bertz CT molecular complexity index is 1670. The van der Waals surface area contributed by atoms with Gasteiger partial charge in [0.05, 0.1) is 0 Å². The lowest BCUT2D eigenvalue weighted by Gasteiger charge is -2.16. The first-order valence-corrected chi connectivity index (χ1v) is 17.1. The summed E-state index contributed by atoms with van der Waals surface area (Å²) in [6.07, 6.45) is 0. The highest BCUT2D eigenvalue weighted by atomic mass is 79.9. The number of benzene rings is 4. The van der Waals surface area contributed by atoms with Crippen LogP contribution in [0.3, 0.4) is 0 Å². The van der Waals surface area contributed by atoms with E-state index in [0.717, 1.165) is 40.1 Å². The van der Waals surface area contributed by atoms with Gasteiger partial charge in [0.2, 0.25) is 0 Å². The van der Waals surface area contributed by atoms with Gasteiger partial charge in [0.1, 0.15) is 13.2 Å². The molecule has 0 amide bonds. The van der Waals surface area contributed by atoms with E-state index in [9.17, 15) is 9.59 Å². The number of ether oxygens (including phenoxy) is 2. The van der Waals surface area contributed by atoms with Gasteiger partial charge in [0.15, 0.2) is 23.0 Å². The standard InChI is InChI=1S/C34H26Br4N4O4/c35-25-9-1-21(2-10-25)17-39-31-29(33(43)45-19-23-5-13-27(37)14-6-23)42-32(40-18-22-3-11-26(36)12-4-22)30(41-31)34(44)46-20-24-7-15-28(38)16-8-24/h1-16H,17-20H2,(H,39,41)(H,40,42). The fraction of sp³-hybridized carbons (Fsp3) is 0.118. The van der Waals surface area contributed by atoms with Crippen LogP contribution in [0.25, 0.3) is 0 Å². The molecule has 2 N–H and O–H groups in total. The van der Waals surface area contributed by atoms with Crippen molar-refractivity contribution in [3.8, 4) is 0 Å². The average Bonchev–Trinajstić information content (AvgIpc) is 3.07. The third-order valence-corrected chi connectivity index (χ3v) is 8.71. The van der Waals surface area contributed by atoms with Gasteiger partial charge in [-0.2, -0.15) is 0 Å². The van der Waals surface area contributed by atoms with Crippen molar-refractivity contribution in [2.24, 2.45) is 0 Å². The lowest BCUT2D eigenvalue weighted by molar-refractivity contribution is 0.0449. The molecule has 0 aliphatic carbocycles. The van der Waals surface area contributed by atoms with Gasteiger partial charge in [-0.25, -0.2) is 19.6 Å². The van der Waals surface area contributed by atoms with E-state index in [2.05, 4.69) is 84.3 Å². The number of carbonyl (C=O) groups excluding carboxylic acids is 2. The number of halogens is 4. The van der Waals surface area contributed by atoms with Crippen molar-refractivity contribution < 1.29 is 19.1 Å². The Morgan fingerprint density at radius 3 is 1.07 bits per heavy atom. The number of hydrogen-bond donors (Lipinski definition) is 2. The van der Waals surface area contributed by atoms with Crippen LogP contribution in [-0.2, 0) is 35.8 Å². The van der Waals surface area contributed by atoms with Crippen molar-refractivity contribution in [2.45, 2.75) is 26.3 Å². The molecule has 5 rings (SSSR count). The van der Waals surface area contributed by atoms with E-state index in [-0.39, 0.29) is 36.2 Å². The topological polar surface area (TPSA) is 102 Å². The minimum atomic E-state index is -0.699. The van der Waals surface area contributed by atoms with Crippen LogP contribution in [0.1, 0.15) is 43.2 Å². The van der Waals surface area contributed by atoms with E-state index in [1.165, 1.54) is 0 Å². The van der Waals surface area contributed by atoms with Crippen LogP contribution in [-0.4, -0.2) is 21.9 Å². The molecule has 0 saturated heterocycles. The third-order valence-electron chi connectivity index (χ3n) is 6.60. The van der Waals surface area contributed by atoms with Gasteiger partial charge in [-0.1, -0.05) is 112 Å². The maximum Gasteiger partial charge on any atom is 0.361 e. The molecule has 8 nitrogen and oxygen atoms in total. The summed E-state index contributed by atoms with van der Waals surface area (Å²) in [6, 6.07) is 30.2. The van der Waals surface area contributed by atoms with Crippen molar-refractivity contribution in [1.82, 2.24) is 9.97 Å². The van der Waals surface area contributed by atoms with E-state index >= 15 is 0 Å². The van der Waals surface area contributed by atoms with Crippen LogP contribution in [0, 0.1) is 0 Å². The highest BCUT2D eigenvalue weighted by Crippen LogP contribution is 2.24. The van der Waals surface area contributed by atoms with Gasteiger partial charge >= 0.3 is 11.9 Å². The first-order valence-electron chi connectivity index (χ1n) is 14.0. The molecule has 0 spiro atoms. The Morgan fingerprint density at radius 1 is 0.478 bits per heavy atom. The van der Waals surface area contributed by atoms with Crippen molar-refractivity contribution in [2.75, 3.05) is 10.6 Å². The number of aromatic nitrogens is 2. The number of carbonyl (C=O) groups is 2. The second kappa shape index (κ2) is 16.3. The lowest BCUT2D eigenvalue weighted by atomic mass is 10.2. The summed E-state index contributed by atoms with van der Waals surface area (Å²) < 4.78 is 15.0. The molecule has 0 atom stereocenters. The quantitative estimate of drug-likeness (QED) is 0.120. The summed E-state index contributed by atoms with van der Waals surface area (Å²) in [7, 11) is 0. The van der Waals surface area contributed by atoms with E-state index in [0.29, 0.717) is 13.1 Å². The molecular formula is C34H26Br4N4O4. The number of nitrogens with zero attached hydrogens (tertiary/aromatic N) is 2. The number of rotatable bonds is 12. The maximum atomic E-state index is 13.5. The number of anilines is 2. The number of hydrogen-bond acceptors (Lipinski definition) is 8. The number of esters is 2. The Labute approximate surface area is 299 Å². The largest absolute Gasteiger partial charge is 0.456 e. The second-order valence-corrected chi connectivity index (χ2v) is 13.6. The van der Waals surface area contributed by atoms with E-state index in [1.807, 2.05) is 97.1 Å². The van der Waals surface area contributed by atoms with Crippen molar-refractivity contribution in [3.63, 3.8) is 0 Å².